The third-order valence-corrected chi connectivity index (χ3v) is 9.06. The highest BCUT2D eigenvalue weighted by Gasteiger charge is 2.56. The van der Waals surface area contributed by atoms with Crippen LogP contribution in [0.4, 0.5) is 0 Å². The zero-order valence-electron chi connectivity index (χ0n) is 16.2. The summed E-state index contributed by atoms with van der Waals surface area (Å²) in [5.41, 5.74) is 2.04. The lowest BCUT2D eigenvalue weighted by atomic mass is 9.49. The molecule has 3 unspecified atom stereocenters. The summed E-state index contributed by atoms with van der Waals surface area (Å²) in [4.78, 5) is 0. The molecular weight excluding hydrogens is 292 g/mol. The van der Waals surface area contributed by atoms with Crippen LogP contribution in [-0.2, 0) is 4.74 Å². The van der Waals surface area contributed by atoms with Crippen molar-refractivity contribution in [2.75, 3.05) is 13.7 Å². The summed E-state index contributed by atoms with van der Waals surface area (Å²) in [6, 6.07) is 0. The maximum Gasteiger partial charge on any atom is 0.0490 e. The van der Waals surface area contributed by atoms with Crippen LogP contribution >= 0.6 is 0 Å². The predicted octanol–water partition coefficient (Wildman–Crippen LogP) is 6.09. The first kappa shape index (κ1) is 17.1. The molecule has 0 bridgehead atoms. The highest BCUT2D eigenvalue weighted by molar-refractivity contribution is 5.13. The molecule has 4 saturated carbocycles. The Morgan fingerprint density at radius 2 is 1.79 bits per heavy atom. The van der Waals surface area contributed by atoms with Crippen molar-refractivity contribution in [2.45, 2.75) is 71.6 Å². The molecule has 8 atom stereocenters. The van der Waals surface area contributed by atoms with Gasteiger partial charge in [-0.2, -0.15) is 0 Å². The molecular formula is C23H38O. The summed E-state index contributed by atoms with van der Waals surface area (Å²) in [5.74, 6) is 6.80. The lowest BCUT2D eigenvalue weighted by Gasteiger charge is -2.56. The molecule has 136 valence electrons. The fourth-order valence-corrected chi connectivity index (χ4v) is 8.15. The van der Waals surface area contributed by atoms with Crippen LogP contribution < -0.4 is 0 Å². The second kappa shape index (κ2) is 6.45. The van der Waals surface area contributed by atoms with E-state index in [0.29, 0.717) is 5.41 Å². The largest absolute Gasteiger partial charge is 0.384 e. The minimum absolute atomic E-state index is 0.576. The van der Waals surface area contributed by atoms with E-state index < -0.39 is 0 Å². The summed E-state index contributed by atoms with van der Waals surface area (Å²) in [5, 5.41) is 0. The molecule has 0 radical (unpaired) electrons. The van der Waals surface area contributed by atoms with Crippen LogP contribution in [0.5, 0.6) is 0 Å². The summed E-state index contributed by atoms with van der Waals surface area (Å²) < 4.78 is 5.46. The van der Waals surface area contributed by atoms with E-state index in [1.807, 2.05) is 7.11 Å². The van der Waals surface area contributed by atoms with Crippen molar-refractivity contribution in [2.24, 2.45) is 46.8 Å². The topological polar surface area (TPSA) is 9.23 Å². The third kappa shape index (κ3) is 2.61. The molecule has 0 aromatic carbocycles. The van der Waals surface area contributed by atoms with Gasteiger partial charge in [-0.1, -0.05) is 19.1 Å². The lowest BCUT2D eigenvalue weighted by Crippen LogP contribution is -2.48. The molecule has 1 heteroatoms. The van der Waals surface area contributed by atoms with Gasteiger partial charge in [0.1, 0.15) is 0 Å². The lowest BCUT2D eigenvalue weighted by molar-refractivity contribution is -0.0683. The third-order valence-electron chi connectivity index (χ3n) is 9.06. The monoisotopic (exact) mass is 330 g/mol. The van der Waals surface area contributed by atoms with E-state index in [1.165, 1.54) is 63.4 Å². The Labute approximate surface area is 149 Å². The normalized spacial score (nSPS) is 50.7. The fraction of sp³-hybridized carbons (Fsp3) is 0.913. The van der Waals surface area contributed by atoms with Crippen molar-refractivity contribution in [1.29, 1.82) is 0 Å². The molecule has 0 saturated heterocycles. The maximum absolute atomic E-state index is 5.46. The first-order valence-corrected chi connectivity index (χ1v) is 10.7. The van der Waals surface area contributed by atoms with Crippen molar-refractivity contribution in [1.82, 2.24) is 0 Å². The van der Waals surface area contributed by atoms with Crippen LogP contribution in [-0.4, -0.2) is 13.7 Å². The standard InChI is InChI=1S/C23H38O/c1-15(2)21-9-10-22-20-8-6-17-13-16(14-24-4)5-7-18(17)19(20)11-12-23(21,22)3/h16-22H,1,5-14H2,2-4H3/t16-,17?,18-,19?,20+,21+,22?,23+/m0/s1. The average Bonchev–Trinajstić information content (AvgIpc) is 2.92. The van der Waals surface area contributed by atoms with E-state index in [9.17, 15) is 0 Å². The summed E-state index contributed by atoms with van der Waals surface area (Å²) in [7, 11) is 1.88. The molecule has 1 nitrogen and oxygen atoms in total. The minimum Gasteiger partial charge on any atom is -0.384 e. The molecule has 24 heavy (non-hydrogen) atoms. The highest BCUT2D eigenvalue weighted by atomic mass is 16.5. The molecule has 0 aromatic rings. The van der Waals surface area contributed by atoms with Gasteiger partial charge in [0.2, 0.25) is 0 Å². The van der Waals surface area contributed by atoms with Gasteiger partial charge in [0.25, 0.3) is 0 Å². The molecule has 4 aliphatic carbocycles. The molecule has 0 N–H and O–H groups in total. The number of fused-ring (bicyclic) bond motifs is 5. The van der Waals surface area contributed by atoms with Crippen LogP contribution in [0.1, 0.15) is 71.6 Å². The van der Waals surface area contributed by atoms with Crippen molar-refractivity contribution >= 4 is 0 Å². The number of ether oxygens (including phenoxy) is 1. The minimum atomic E-state index is 0.576. The highest BCUT2D eigenvalue weighted by Crippen LogP contribution is 2.65. The molecule has 4 aliphatic rings. The Balaban J connectivity index is 1.49. The summed E-state index contributed by atoms with van der Waals surface area (Å²) in [6.07, 6.45) is 13.3. The fourth-order valence-electron chi connectivity index (χ4n) is 8.15. The van der Waals surface area contributed by atoms with Crippen LogP contribution in [0.25, 0.3) is 0 Å². The van der Waals surface area contributed by atoms with Crippen LogP contribution in [0.2, 0.25) is 0 Å². The van der Waals surface area contributed by atoms with Gasteiger partial charge < -0.3 is 4.74 Å². The second-order valence-electron chi connectivity index (χ2n) is 10.1. The Kier molecular flexibility index (Phi) is 4.61. The van der Waals surface area contributed by atoms with E-state index >= 15 is 0 Å². The zero-order chi connectivity index (χ0) is 16.9. The maximum atomic E-state index is 5.46. The molecule has 0 spiro atoms. The molecule has 0 aliphatic heterocycles. The van der Waals surface area contributed by atoms with Crippen molar-refractivity contribution in [3.8, 4) is 0 Å². The van der Waals surface area contributed by atoms with E-state index in [0.717, 1.165) is 48.0 Å². The van der Waals surface area contributed by atoms with Crippen molar-refractivity contribution < 1.29 is 4.74 Å². The first-order chi connectivity index (χ1) is 11.5. The van der Waals surface area contributed by atoms with E-state index in [2.05, 4.69) is 20.4 Å². The smallest absolute Gasteiger partial charge is 0.0490 e. The Morgan fingerprint density at radius 1 is 1.00 bits per heavy atom. The van der Waals surface area contributed by atoms with Gasteiger partial charge in [-0.3, -0.25) is 0 Å². The van der Waals surface area contributed by atoms with E-state index in [-0.39, 0.29) is 0 Å². The number of methoxy groups -OCH3 is 1. The van der Waals surface area contributed by atoms with Gasteiger partial charge in [-0.05, 0) is 112 Å². The number of rotatable bonds is 3. The van der Waals surface area contributed by atoms with Gasteiger partial charge in [-0.25, -0.2) is 0 Å². The Bertz CT molecular complexity index is 482. The van der Waals surface area contributed by atoms with Gasteiger partial charge >= 0.3 is 0 Å². The summed E-state index contributed by atoms with van der Waals surface area (Å²) >= 11 is 0. The molecule has 0 aromatic heterocycles. The molecule has 4 rings (SSSR count). The van der Waals surface area contributed by atoms with Gasteiger partial charge in [0, 0.05) is 13.7 Å². The van der Waals surface area contributed by atoms with Crippen LogP contribution in [0, 0.1) is 46.8 Å². The first-order valence-electron chi connectivity index (χ1n) is 10.7. The van der Waals surface area contributed by atoms with E-state index in [1.54, 1.807) is 0 Å². The molecule has 4 fully saturated rings. The second-order valence-corrected chi connectivity index (χ2v) is 10.1. The van der Waals surface area contributed by atoms with Gasteiger partial charge in [0.05, 0.1) is 0 Å². The van der Waals surface area contributed by atoms with Gasteiger partial charge in [0.15, 0.2) is 0 Å². The van der Waals surface area contributed by atoms with Crippen molar-refractivity contribution in [3.63, 3.8) is 0 Å². The quantitative estimate of drug-likeness (QED) is 0.569. The Morgan fingerprint density at radius 3 is 2.54 bits per heavy atom. The summed E-state index contributed by atoms with van der Waals surface area (Å²) in [6.45, 7) is 10.3. The number of hydrogen-bond donors (Lipinski definition) is 0. The molecule has 0 amide bonds. The SMILES string of the molecule is C=C(C)[C@H]1CCC2[C@@H]3CCC4C[C@@H](COC)CC[C@@H]4C3CC[C@@]21C. The van der Waals surface area contributed by atoms with E-state index in [4.69, 9.17) is 4.74 Å². The van der Waals surface area contributed by atoms with Crippen LogP contribution in [0.15, 0.2) is 12.2 Å². The number of allylic oxidation sites excluding steroid dienone is 1. The van der Waals surface area contributed by atoms with Crippen LogP contribution in [0.3, 0.4) is 0 Å². The Hall–Kier alpha value is -0.300. The predicted molar refractivity (Wildman–Crippen MR) is 101 cm³/mol. The number of hydrogen-bond acceptors (Lipinski definition) is 1. The zero-order valence-corrected chi connectivity index (χ0v) is 16.2. The van der Waals surface area contributed by atoms with Crippen molar-refractivity contribution in [3.05, 3.63) is 12.2 Å². The van der Waals surface area contributed by atoms with Gasteiger partial charge in [-0.15, -0.1) is 0 Å². The molecule has 0 heterocycles. The average molecular weight is 331 g/mol.